The summed E-state index contributed by atoms with van der Waals surface area (Å²) in [7, 11) is 0. The molecule has 2 aromatic rings. The number of rotatable bonds is 3. The van der Waals surface area contributed by atoms with Crippen molar-refractivity contribution in [2.24, 2.45) is 5.92 Å². The lowest BCUT2D eigenvalue weighted by Crippen LogP contribution is -1.99. The third-order valence-electron chi connectivity index (χ3n) is 2.86. The van der Waals surface area contributed by atoms with Crippen molar-refractivity contribution < 1.29 is 8.91 Å². The Balaban J connectivity index is 2.50. The molecule has 2 rings (SSSR count). The van der Waals surface area contributed by atoms with Crippen LogP contribution >= 0.6 is 0 Å². The second-order valence-electron chi connectivity index (χ2n) is 4.93. The van der Waals surface area contributed by atoms with Crippen molar-refractivity contribution >= 4 is 5.82 Å². The molecule has 0 saturated carbocycles. The van der Waals surface area contributed by atoms with Crippen molar-refractivity contribution in [3.63, 3.8) is 0 Å². The number of hydrogen-bond acceptors (Lipinski definition) is 3. The number of benzene rings is 1. The minimum atomic E-state index is -0.255. The van der Waals surface area contributed by atoms with E-state index in [1.165, 1.54) is 12.1 Å². The smallest absolute Gasteiger partial charge is 0.172 e. The van der Waals surface area contributed by atoms with E-state index in [4.69, 9.17) is 10.3 Å². The Morgan fingerprint density at radius 1 is 1.39 bits per heavy atom. The molecule has 1 aromatic carbocycles. The standard InChI is InChI=1S/C14H17FN2O/c1-8(2)6-12-13(18-17-14(12)16)11-5-4-10(15)7-9(11)3/h4-5,7-8H,6H2,1-3H3,(H2,16,17). The van der Waals surface area contributed by atoms with Crippen LogP contribution in [0.4, 0.5) is 10.2 Å². The van der Waals surface area contributed by atoms with Crippen molar-refractivity contribution in [3.05, 3.63) is 35.1 Å². The summed E-state index contributed by atoms with van der Waals surface area (Å²) in [5.41, 5.74) is 8.39. The summed E-state index contributed by atoms with van der Waals surface area (Å²) in [6, 6.07) is 4.60. The molecule has 18 heavy (non-hydrogen) atoms. The molecule has 3 nitrogen and oxygen atoms in total. The first-order valence-electron chi connectivity index (χ1n) is 5.99. The van der Waals surface area contributed by atoms with E-state index in [2.05, 4.69) is 19.0 Å². The van der Waals surface area contributed by atoms with Gasteiger partial charge in [0.05, 0.1) is 0 Å². The van der Waals surface area contributed by atoms with Gasteiger partial charge in [0.15, 0.2) is 11.6 Å². The van der Waals surface area contributed by atoms with Gasteiger partial charge in [-0.1, -0.05) is 19.0 Å². The maximum Gasteiger partial charge on any atom is 0.172 e. The van der Waals surface area contributed by atoms with Gasteiger partial charge in [-0.2, -0.15) is 0 Å². The molecule has 0 spiro atoms. The summed E-state index contributed by atoms with van der Waals surface area (Å²) in [6.45, 7) is 6.05. The molecule has 96 valence electrons. The molecule has 0 bridgehead atoms. The average molecular weight is 248 g/mol. The van der Waals surface area contributed by atoms with Crippen LogP contribution in [0.2, 0.25) is 0 Å². The van der Waals surface area contributed by atoms with Crippen LogP contribution in [-0.4, -0.2) is 5.16 Å². The van der Waals surface area contributed by atoms with Crippen molar-refractivity contribution in [1.29, 1.82) is 0 Å². The zero-order chi connectivity index (χ0) is 13.3. The van der Waals surface area contributed by atoms with E-state index < -0.39 is 0 Å². The summed E-state index contributed by atoms with van der Waals surface area (Å²) in [5, 5.41) is 3.82. The molecule has 0 saturated heterocycles. The molecule has 0 radical (unpaired) electrons. The van der Waals surface area contributed by atoms with Gasteiger partial charge in [0, 0.05) is 11.1 Å². The van der Waals surface area contributed by atoms with Gasteiger partial charge in [-0.25, -0.2) is 4.39 Å². The predicted molar refractivity (Wildman–Crippen MR) is 69.6 cm³/mol. The van der Waals surface area contributed by atoms with Crippen LogP contribution < -0.4 is 5.73 Å². The quantitative estimate of drug-likeness (QED) is 0.903. The number of nitrogen functional groups attached to an aromatic ring is 1. The van der Waals surface area contributed by atoms with Gasteiger partial charge in [0.2, 0.25) is 0 Å². The fourth-order valence-corrected chi connectivity index (χ4v) is 2.02. The van der Waals surface area contributed by atoms with E-state index in [9.17, 15) is 4.39 Å². The van der Waals surface area contributed by atoms with E-state index in [1.807, 2.05) is 6.92 Å². The Hall–Kier alpha value is -1.84. The van der Waals surface area contributed by atoms with Crippen LogP contribution in [0.25, 0.3) is 11.3 Å². The highest BCUT2D eigenvalue weighted by molar-refractivity contribution is 5.69. The van der Waals surface area contributed by atoms with Gasteiger partial charge in [0.1, 0.15) is 5.82 Å². The zero-order valence-corrected chi connectivity index (χ0v) is 10.8. The highest BCUT2D eigenvalue weighted by Gasteiger charge is 2.18. The summed E-state index contributed by atoms with van der Waals surface area (Å²) >= 11 is 0. The molecule has 1 aromatic heterocycles. The van der Waals surface area contributed by atoms with Crippen molar-refractivity contribution in [2.75, 3.05) is 5.73 Å². The topological polar surface area (TPSA) is 52.0 Å². The fourth-order valence-electron chi connectivity index (χ4n) is 2.02. The molecule has 0 aliphatic carbocycles. The van der Waals surface area contributed by atoms with Gasteiger partial charge in [-0.05, 0) is 43.0 Å². The van der Waals surface area contributed by atoms with E-state index in [1.54, 1.807) is 6.07 Å². The Morgan fingerprint density at radius 3 is 2.72 bits per heavy atom. The predicted octanol–water partition coefficient (Wildman–Crippen LogP) is 3.57. The van der Waals surface area contributed by atoms with Gasteiger partial charge in [0.25, 0.3) is 0 Å². The lowest BCUT2D eigenvalue weighted by atomic mass is 9.97. The molecule has 2 N–H and O–H groups in total. The van der Waals surface area contributed by atoms with Gasteiger partial charge in [-0.15, -0.1) is 0 Å². The molecule has 1 heterocycles. The lowest BCUT2D eigenvalue weighted by Gasteiger charge is -2.07. The molecule has 0 atom stereocenters. The SMILES string of the molecule is Cc1cc(F)ccc1-c1onc(N)c1CC(C)C. The molecule has 0 fully saturated rings. The maximum absolute atomic E-state index is 13.1. The number of aryl methyl sites for hydroxylation is 1. The highest BCUT2D eigenvalue weighted by atomic mass is 19.1. The number of nitrogens with two attached hydrogens (primary N) is 1. The van der Waals surface area contributed by atoms with E-state index in [0.717, 1.165) is 23.1 Å². The van der Waals surface area contributed by atoms with Gasteiger partial charge in [-0.3, -0.25) is 0 Å². The third-order valence-corrected chi connectivity index (χ3v) is 2.86. The molecule has 0 aliphatic heterocycles. The van der Waals surface area contributed by atoms with Gasteiger partial charge < -0.3 is 10.3 Å². The zero-order valence-electron chi connectivity index (χ0n) is 10.8. The first-order chi connectivity index (χ1) is 8.49. The summed E-state index contributed by atoms with van der Waals surface area (Å²) in [5.74, 6) is 1.27. The van der Waals surface area contributed by atoms with Crippen LogP contribution in [0.5, 0.6) is 0 Å². The van der Waals surface area contributed by atoms with E-state index in [0.29, 0.717) is 17.5 Å². The second kappa shape index (κ2) is 4.80. The van der Waals surface area contributed by atoms with Crippen molar-refractivity contribution in [3.8, 4) is 11.3 Å². The van der Waals surface area contributed by atoms with Crippen LogP contribution in [0.1, 0.15) is 25.0 Å². The molecule has 0 aliphatic rings. The number of nitrogens with zero attached hydrogens (tertiary/aromatic N) is 1. The highest BCUT2D eigenvalue weighted by Crippen LogP contribution is 2.32. The minimum Gasteiger partial charge on any atom is -0.381 e. The molecule has 4 heteroatoms. The number of hydrogen-bond donors (Lipinski definition) is 1. The average Bonchev–Trinajstić information content (AvgIpc) is 2.60. The summed E-state index contributed by atoms with van der Waals surface area (Å²) < 4.78 is 18.4. The largest absolute Gasteiger partial charge is 0.381 e. The van der Waals surface area contributed by atoms with Crippen LogP contribution in [0, 0.1) is 18.7 Å². The molecular weight excluding hydrogens is 231 g/mol. The van der Waals surface area contributed by atoms with Crippen LogP contribution in [-0.2, 0) is 6.42 Å². The molecule has 0 unspecified atom stereocenters. The summed E-state index contributed by atoms with van der Waals surface area (Å²) in [6.07, 6.45) is 0.793. The second-order valence-corrected chi connectivity index (χ2v) is 4.93. The molecule has 0 amide bonds. The first kappa shape index (κ1) is 12.6. The van der Waals surface area contributed by atoms with Gasteiger partial charge >= 0.3 is 0 Å². The molecular formula is C14H17FN2O. The van der Waals surface area contributed by atoms with Crippen molar-refractivity contribution in [2.45, 2.75) is 27.2 Å². The Bertz CT molecular complexity index is 561. The van der Waals surface area contributed by atoms with Crippen LogP contribution in [0.15, 0.2) is 22.7 Å². The van der Waals surface area contributed by atoms with E-state index >= 15 is 0 Å². The fraction of sp³-hybridized carbons (Fsp3) is 0.357. The number of halogens is 1. The first-order valence-corrected chi connectivity index (χ1v) is 5.99. The Morgan fingerprint density at radius 2 is 2.11 bits per heavy atom. The number of aromatic nitrogens is 1. The normalized spacial score (nSPS) is 11.2. The minimum absolute atomic E-state index is 0.255. The van der Waals surface area contributed by atoms with Crippen molar-refractivity contribution in [1.82, 2.24) is 5.16 Å². The lowest BCUT2D eigenvalue weighted by molar-refractivity contribution is 0.434. The third kappa shape index (κ3) is 2.37. The van der Waals surface area contributed by atoms with Crippen LogP contribution in [0.3, 0.4) is 0 Å². The maximum atomic E-state index is 13.1. The Kier molecular flexibility index (Phi) is 3.36. The number of anilines is 1. The van der Waals surface area contributed by atoms with E-state index in [-0.39, 0.29) is 5.82 Å². The summed E-state index contributed by atoms with van der Waals surface area (Å²) in [4.78, 5) is 0. The Labute approximate surface area is 106 Å². The monoisotopic (exact) mass is 248 g/mol.